The predicted molar refractivity (Wildman–Crippen MR) is 88.5 cm³/mol. The summed E-state index contributed by atoms with van der Waals surface area (Å²) in [6, 6.07) is 7.12. The smallest absolute Gasteiger partial charge is 0.335 e. The van der Waals surface area contributed by atoms with E-state index < -0.39 is 12.1 Å². The van der Waals surface area contributed by atoms with Crippen molar-refractivity contribution in [1.82, 2.24) is 4.90 Å². The highest BCUT2D eigenvalue weighted by Crippen LogP contribution is 2.32. The SMILES string of the molecule is NC(=O)[C@@H]1CC[C@H](C2CCN(Cc3cccc(C(=O)O)c3)CC2)O1. The summed E-state index contributed by atoms with van der Waals surface area (Å²) in [6.45, 7) is 2.69. The molecule has 0 aliphatic carbocycles. The fourth-order valence-corrected chi connectivity index (χ4v) is 3.76. The van der Waals surface area contributed by atoms with Crippen molar-refractivity contribution in [2.75, 3.05) is 13.1 Å². The Bertz CT molecular complexity index is 611. The third-order valence-electron chi connectivity index (χ3n) is 5.11. The summed E-state index contributed by atoms with van der Waals surface area (Å²) >= 11 is 0. The van der Waals surface area contributed by atoms with E-state index in [1.54, 1.807) is 18.2 Å². The average Bonchev–Trinajstić information content (AvgIpc) is 3.06. The van der Waals surface area contributed by atoms with Crippen LogP contribution < -0.4 is 5.73 Å². The summed E-state index contributed by atoms with van der Waals surface area (Å²) < 4.78 is 5.80. The van der Waals surface area contributed by atoms with E-state index in [4.69, 9.17) is 15.6 Å². The van der Waals surface area contributed by atoms with Crippen molar-refractivity contribution in [3.8, 4) is 0 Å². The molecule has 2 heterocycles. The molecule has 0 spiro atoms. The molecule has 1 amide bonds. The van der Waals surface area contributed by atoms with E-state index in [9.17, 15) is 9.59 Å². The van der Waals surface area contributed by atoms with Crippen LogP contribution in [0.4, 0.5) is 0 Å². The van der Waals surface area contributed by atoms with Gasteiger partial charge in [-0.2, -0.15) is 0 Å². The zero-order chi connectivity index (χ0) is 17.1. The Morgan fingerprint density at radius 3 is 2.58 bits per heavy atom. The number of carboxylic acids is 1. The molecule has 0 radical (unpaired) electrons. The number of rotatable bonds is 5. The van der Waals surface area contributed by atoms with Gasteiger partial charge in [-0.3, -0.25) is 9.69 Å². The third-order valence-corrected chi connectivity index (χ3v) is 5.11. The Balaban J connectivity index is 1.50. The number of likely N-dealkylation sites (tertiary alicyclic amines) is 1. The van der Waals surface area contributed by atoms with Crippen LogP contribution >= 0.6 is 0 Å². The highest BCUT2D eigenvalue weighted by molar-refractivity contribution is 5.87. The number of carboxylic acid groups (broad SMARTS) is 1. The van der Waals surface area contributed by atoms with E-state index in [0.29, 0.717) is 11.5 Å². The first-order chi connectivity index (χ1) is 11.5. The summed E-state index contributed by atoms with van der Waals surface area (Å²) in [7, 11) is 0. The van der Waals surface area contributed by atoms with E-state index in [1.807, 2.05) is 6.07 Å². The molecule has 1 aromatic rings. The molecule has 0 saturated carbocycles. The fourth-order valence-electron chi connectivity index (χ4n) is 3.76. The Morgan fingerprint density at radius 1 is 1.21 bits per heavy atom. The number of hydrogen-bond donors (Lipinski definition) is 2. The molecule has 0 bridgehead atoms. The van der Waals surface area contributed by atoms with Crippen LogP contribution in [0.25, 0.3) is 0 Å². The molecule has 0 aromatic heterocycles. The van der Waals surface area contributed by atoms with Gasteiger partial charge < -0.3 is 15.6 Å². The van der Waals surface area contributed by atoms with Gasteiger partial charge in [-0.15, -0.1) is 0 Å². The largest absolute Gasteiger partial charge is 0.478 e. The van der Waals surface area contributed by atoms with E-state index in [0.717, 1.165) is 50.9 Å². The van der Waals surface area contributed by atoms with Gasteiger partial charge in [0.1, 0.15) is 6.10 Å². The molecule has 6 nitrogen and oxygen atoms in total. The quantitative estimate of drug-likeness (QED) is 0.855. The van der Waals surface area contributed by atoms with Crippen LogP contribution in [0.5, 0.6) is 0 Å². The zero-order valence-corrected chi connectivity index (χ0v) is 13.7. The minimum Gasteiger partial charge on any atom is -0.478 e. The molecule has 0 unspecified atom stereocenters. The lowest BCUT2D eigenvalue weighted by molar-refractivity contribution is -0.130. The van der Waals surface area contributed by atoms with Crippen molar-refractivity contribution in [3.63, 3.8) is 0 Å². The maximum Gasteiger partial charge on any atom is 0.335 e. The summed E-state index contributed by atoms with van der Waals surface area (Å²) in [4.78, 5) is 24.6. The third kappa shape index (κ3) is 3.94. The number of nitrogens with zero attached hydrogens (tertiary/aromatic N) is 1. The summed E-state index contributed by atoms with van der Waals surface area (Å²) in [6.07, 6.45) is 3.47. The highest BCUT2D eigenvalue weighted by Gasteiger charge is 2.35. The monoisotopic (exact) mass is 332 g/mol. The minimum atomic E-state index is -0.891. The number of benzene rings is 1. The summed E-state index contributed by atoms with van der Waals surface area (Å²) in [5, 5.41) is 9.07. The Morgan fingerprint density at radius 2 is 1.96 bits per heavy atom. The number of piperidine rings is 1. The average molecular weight is 332 g/mol. The van der Waals surface area contributed by atoms with Gasteiger partial charge >= 0.3 is 5.97 Å². The van der Waals surface area contributed by atoms with Crippen molar-refractivity contribution in [1.29, 1.82) is 0 Å². The lowest BCUT2D eigenvalue weighted by Crippen LogP contribution is -2.38. The van der Waals surface area contributed by atoms with Gasteiger partial charge in [-0.25, -0.2) is 4.79 Å². The topological polar surface area (TPSA) is 92.9 Å². The molecule has 2 aliphatic rings. The molecule has 3 rings (SSSR count). The molecular weight excluding hydrogens is 308 g/mol. The van der Waals surface area contributed by atoms with Crippen LogP contribution in [0.15, 0.2) is 24.3 Å². The molecule has 3 N–H and O–H groups in total. The van der Waals surface area contributed by atoms with Crippen LogP contribution in [-0.4, -0.2) is 47.2 Å². The molecular formula is C18H24N2O4. The number of primary amides is 1. The number of carbonyl (C=O) groups excluding carboxylic acids is 1. The molecule has 2 atom stereocenters. The number of nitrogens with two attached hydrogens (primary N) is 1. The van der Waals surface area contributed by atoms with Crippen LogP contribution in [0.2, 0.25) is 0 Å². The number of ether oxygens (including phenoxy) is 1. The molecule has 2 saturated heterocycles. The first-order valence-corrected chi connectivity index (χ1v) is 8.52. The number of aromatic carboxylic acids is 1. The van der Waals surface area contributed by atoms with Crippen molar-refractivity contribution in [3.05, 3.63) is 35.4 Å². The van der Waals surface area contributed by atoms with E-state index in [2.05, 4.69) is 4.90 Å². The minimum absolute atomic E-state index is 0.153. The first kappa shape index (κ1) is 16.9. The summed E-state index contributed by atoms with van der Waals surface area (Å²) in [5.41, 5.74) is 6.68. The first-order valence-electron chi connectivity index (χ1n) is 8.52. The summed E-state index contributed by atoms with van der Waals surface area (Å²) in [5.74, 6) is -0.762. The standard InChI is InChI=1S/C18H24N2O4/c19-17(21)16-5-4-15(24-16)13-6-8-20(9-7-13)11-12-2-1-3-14(10-12)18(22)23/h1-3,10,13,15-16H,4-9,11H2,(H2,19,21)(H,22,23)/t15-,16+/m1/s1. The van der Waals surface area contributed by atoms with Gasteiger partial charge in [0, 0.05) is 6.54 Å². The maximum absolute atomic E-state index is 11.2. The van der Waals surface area contributed by atoms with E-state index in [1.165, 1.54) is 0 Å². The second kappa shape index (κ2) is 7.32. The second-order valence-electron chi connectivity index (χ2n) is 6.76. The highest BCUT2D eigenvalue weighted by atomic mass is 16.5. The van der Waals surface area contributed by atoms with Gasteiger partial charge in [0.15, 0.2) is 0 Å². The van der Waals surface area contributed by atoms with Crippen LogP contribution in [0.1, 0.15) is 41.6 Å². The zero-order valence-electron chi connectivity index (χ0n) is 13.7. The van der Waals surface area contributed by atoms with Crippen molar-refractivity contribution in [2.45, 2.75) is 44.4 Å². The van der Waals surface area contributed by atoms with Crippen molar-refractivity contribution < 1.29 is 19.4 Å². The molecule has 6 heteroatoms. The number of hydrogen-bond acceptors (Lipinski definition) is 4. The Hall–Kier alpha value is -1.92. The molecule has 130 valence electrons. The fraction of sp³-hybridized carbons (Fsp3) is 0.556. The van der Waals surface area contributed by atoms with E-state index >= 15 is 0 Å². The normalized spacial score (nSPS) is 25.7. The predicted octanol–water partition coefficient (Wildman–Crippen LogP) is 1.63. The maximum atomic E-state index is 11.2. The second-order valence-corrected chi connectivity index (χ2v) is 6.76. The van der Waals surface area contributed by atoms with Gasteiger partial charge in [0.2, 0.25) is 5.91 Å². The Labute approximate surface area is 141 Å². The Kier molecular flexibility index (Phi) is 5.16. The van der Waals surface area contributed by atoms with Crippen LogP contribution in [0.3, 0.4) is 0 Å². The van der Waals surface area contributed by atoms with Crippen molar-refractivity contribution >= 4 is 11.9 Å². The van der Waals surface area contributed by atoms with Crippen LogP contribution in [-0.2, 0) is 16.1 Å². The van der Waals surface area contributed by atoms with Gasteiger partial charge in [0.25, 0.3) is 0 Å². The van der Waals surface area contributed by atoms with E-state index in [-0.39, 0.29) is 12.0 Å². The van der Waals surface area contributed by atoms with Crippen molar-refractivity contribution in [2.24, 2.45) is 11.7 Å². The molecule has 2 aliphatic heterocycles. The lowest BCUT2D eigenvalue weighted by atomic mass is 9.89. The molecule has 1 aromatic carbocycles. The van der Waals surface area contributed by atoms with Gasteiger partial charge in [-0.05, 0) is 62.4 Å². The molecule has 2 fully saturated rings. The van der Waals surface area contributed by atoms with Gasteiger partial charge in [-0.1, -0.05) is 12.1 Å². The molecule has 24 heavy (non-hydrogen) atoms. The van der Waals surface area contributed by atoms with Crippen LogP contribution in [0, 0.1) is 5.92 Å². The lowest BCUT2D eigenvalue weighted by Gasteiger charge is -2.34. The number of amides is 1. The number of carbonyl (C=O) groups is 2. The van der Waals surface area contributed by atoms with Gasteiger partial charge in [0.05, 0.1) is 11.7 Å².